The summed E-state index contributed by atoms with van der Waals surface area (Å²) in [7, 11) is 0. The van der Waals surface area contributed by atoms with Crippen LogP contribution in [-0.4, -0.2) is 36.6 Å². The molecule has 1 aliphatic heterocycles. The van der Waals surface area contributed by atoms with Gasteiger partial charge in [-0.15, -0.1) is 0 Å². The van der Waals surface area contributed by atoms with Crippen molar-refractivity contribution in [2.24, 2.45) is 5.92 Å². The van der Waals surface area contributed by atoms with Gasteiger partial charge in [0.1, 0.15) is 0 Å². The molecule has 0 aromatic heterocycles. The van der Waals surface area contributed by atoms with Crippen LogP contribution in [0.5, 0.6) is 0 Å². The minimum Gasteiger partial charge on any atom is -0.311 e. The maximum atomic E-state index is 3.97. The summed E-state index contributed by atoms with van der Waals surface area (Å²) < 4.78 is 0. The van der Waals surface area contributed by atoms with Gasteiger partial charge in [0.15, 0.2) is 0 Å². The molecule has 112 valence electrons. The second-order valence-corrected chi connectivity index (χ2v) is 6.77. The summed E-state index contributed by atoms with van der Waals surface area (Å²) in [6.45, 7) is 8.57. The zero-order chi connectivity index (χ0) is 13.5. The van der Waals surface area contributed by atoms with E-state index >= 15 is 0 Å². The zero-order valence-corrected chi connectivity index (χ0v) is 13.2. The van der Waals surface area contributed by atoms with Crippen molar-refractivity contribution in [3.05, 3.63) is 0 Å². The van der Waals surface area contributed by atoms with E-state index in [-0.39, 0.29) is 0 Å². The van der Waals surface area contributed by atoms with Gasteiger partial charge in [-0.25, -0.2) is 0 Å². The Balaban J connectivity index is 1.75. The van der Waals surface area contributed by atoms with Crippen LogP contribution in [0.3, 0.4) is 0 Å². The zero-order valence-electron chi connectivity index (χ0n) is 13.2. The molecule has 1 N–H and O–H groups in total. The Morgan fingerprint density at radius 1 is 0.947 bits per heavy atom. The summed E-state index contributed by atoms with van der Waals surface area (Å²) in [5, 5.41) is 3.97. The Morgan fingerprint density at radius 2 is 1.68 bits per heavy atom. The van der Waals surface area contributed by atoms with E-state index in [9.17, 15) is 0 Å². The normalized spacial score (nSPS) is 29.7. The Kier molecular flexibility index (Phi) is 6.66. The lowest BCUT2D eigenvalue weighted by Crippen LogP contribution is -2.41. The Morgan fingerprint density at radius 3 is 2.37 bits per heavy atom. The number of likely N-dealkylation sites (tertiary alicyclic amines) is 1. The van der Waals surface area contributed by atoms with E-state index in [1.165, 1.54) is 77.4 Å². The number of nitrogens with zero attached hydrogens (tertiary/aromatic N) is 1. The van der Waals surface area contributed by atoms with E-state index in [1.807, 2.05) is 0 Å². The molecule has 0 aromatic carbocycles. The van der Waals surface area contributed by atoms with Crippen LogP contribution in [-0.2, 0) is 0 Å². The van der Waals surface area contributed by atoms with Crippen LogP contribution < -0.4 is 5.32 Å². The van der Waals surface area contributed by atoms with E-state index in [2.05, 4.69) is 24.1 Å². The van der Waals surface area contributed by atoms with Crippen molar-refractivity contribution in [1.29, 1.82) is 0 Å². The number of hydrogen-bond acceptors (Lipinski definition) is 2. The first-order valence-corrected chi connectivity index (χ1v) is 8.78. The van der Waals surface area contributed by atoms with E-state index in [0.29, 0.717) is 0 Å². The van der Waals surface area contributed by atoms with Crippen molar-refractivity contribution in [2.45, 2.75) is 83.7 Å². The molecule has 0 aromatic rings. The number of rotatable bonds is 4. The third-order valence-electron chi connectivity index (χ3n) is 5.37. The van der Waals surface area contributed by atoms with Crippen molar-refractivity contribution in [2.75, 3.05) is 19.6 Å². The van der Waals surface area contributed by atoms with Crippen LogP contribution in [0.4, 0.5) is 0 Å². The molecule has 19 heavy (non-hydrogen) atoms. The molecule has 1 unspecified atom stereocenters. The van der Waals surface area contributed by atoms with Gasteiger partial charge in [-0.1, -0.05) is 32.6 Å². The quantitative estimate of drug-likeness (QED) is 0.778. The lowest BCUT2D eigenvalue weighted by Gasteiger charge is -2.28. The highest BCUT2D eigenvalue weighted by Crippen LogP contribution is 2.26. The molecule has 0 bridgehead atoms. The molecule has 0 amide bonds. The van der Waals surface area contributed by atoms with Gasteiger partial charge in [-0.3, -0.25) is 0 Å². The second-order valence-electron chi connectivity index (χ2n) is 6.77. The van der Waals surface area contributed by atoms with Crippen LogP contribution in [0, 0.1) is 5.92 Å². The first-order chi connectivity index (χ1) is 9.29. The first-order valence-electron chi connectivity index (χ1n) is 8.78. The smallest absolute Gasteiger partial charge is 0.00823 e. The molecule has 1 saturated carbocycles. The largest absolute Gasteiger partial charge is 0.311 e. The predicted octanol–water partition coefficient (Wildman–Crippen LogP) is 3.81. The minimum atomic E-state index is 0.733. The van der Waals surface area contributed by atoms with Gasteiger partial charge in [0.25, 0.3) is 0 Å². The maximum absolute atomic E-state index is 3.97. The molecule has 2 heteroatoms. The summed E-state index contributed by atoms with van der Waals surface area (Å²) in [6.07, 6.45) is 12.9. The van der Waals surface area contributed by atoms with Crippen molar-refractivity contribution in [3.63, 3.8) is 0 Å². The summed E-state index contributed by atoms with van der Waals surface area (Å²) >= 11 is 0. The van der Waals surface area contributed by atoms with Gasteiger partial charge in [0, 0.05) is 12.1 Å². The second kappa shape index (κ2) is 8.26. The monoisotopic (exact) mass is 266 g/mol. The number of hydrogen-bond donors (Lipinski definition) is 1. The molecular formula is C17H34N2. The fraction of sp³-hybridized carbons (Fsp3) is 1.00. The number of nitrogens with one attached hydrogen (secondary N) is 1. The lowest BCUT2D eigenvalue weighted by molar-refractivity contribution is 0.280. The lowest BCUT2D eigenvalue weighted by atomic mass is 9.92. The molecule has 2 fully saturated rings. The third-order valence-corrected chi connectivity index (χ3v) is 5.37. The average Bonchev–Trinajstić information content (AvgIpc) is 2.80. The standard InChI is InChI=1S/C17H34N2/c1-3-19-13-8-11-17(12-14-19)18-15(2)16-9-6-4-5-7-10-16/h15-18H,3-14H2,1-2H3/t15-,17?/m1/s1. The van der Waals surface area contributed by atoms with Crippen LogP contribution in [0.1, 0.15) is 71.6 Å². The van der Waals surface area contributed by atoms with Crippen molar-refractivity contribution >= 4 is 0 Å². The van der Waals surface area contributed by atoms with Gasteiger partial charge in [-0.2, -0.15) is 0 Å². The van der Waals surface area contributed by atoms with Gasteiger partial charge < -0.3 is 10.2 Å². The van der Waals surface area contributed by atoms with E-state index in [1.54, 1.807) is 0 Å². The average molecular weight is 266 g/mol. The first kappa shape index (κ1) is 15.3. The minimum absolute atomic E-state index is 0.733. The fourth-order valence-electron chi connectivity index (χ4n) is 3.96. The van der Waals surface area contributed by atoms with Crippen LogP contribution in [0.2, 0.25) is 0 Å². The molecule has 0 radical (unpaired) electrons. The highest BCUT2D eigenvalue weighted by atomic mass is 15.1. The van der Waals surface area contributed by atoms with Gasteiger partial charge in [0.05, 0.1) is 0 Å². The molecule has 1 heterocycles. The Bertz CT molecular complexity index is 233. The van der Waals surface area contributed by atoms with E-state index in [0.717, 1.165) is 18.0 Å². The maximum Gasteiger partial charge on any atom is 0.00823 e. The molecule has 2 aliphatic rings. The summed E-state index contributed by atoms with van der Waals surface area (Å²) in [5.41, 5.74) is 0. The molecular weight excluding hydrogens is 232 g/mol. The van der Waals surface area contributed by atoms with Crippen molar-refractivity contribution in [1.82, 2.24) is 10.2 Å². The SMILES string of the molecule is CCN1CCCC(N[C@H](C)C2CCCCCC2)CC1. The van der Waals surface area contributed by atoms with Crippen molar-refractivity contribution < 1.29 is 0 Å². The van der Waals surface area contributed by atoms with Crippen molar-refractivity contribution in [3.8, 4) is 0 Å². The van der Waals surface area contributed by atoms with Gasteiger partial charge in [0.2, 0.25) is 0 Å². The summed E-state index contributed by atoms with van der Waals surface area (Å²) in [4.78, 5) is 2.61. The van der Waals surface area contributed by atoms with E-state index in [4.69, 9.17) is 0 Å². The molecule has 1 aliphatic carbocycles. The fourth-order valence-corrected chi connectivity index (χ4v) is 3.96. The molecule has 1 saturated heterocycles. The Hall–Kier alpha value is -0.0800. The molecule has 2 rings (SSSR count). The third kappa shape index (κ3) is 5.07. The molecule has 0 spiro atoms. The summed E-state index contributed by atoms with van der Waals surface area (Å²) in [5.74, 6) is 0.938. The highest BCUT2D eigenvalue weighted by Gasteiger charge is 2.23. The highest BCUT2D eigenvalue weighted by molar-refractivity contribution is 4.81. The summed E-state index contributed by atoms with van der Waals surface area (Å²) in [6, 6.07) is 1.51. The van der Waals surface area contributed by atoms with E-state index < -0.39 is 0 Å². The Labute approximate surface area is 120 Å². The molecule has 2 nitrogen and oxygen atoms in total. The van der Waals surface area contributed by atoms with Gasteiger partial charge >= 0.3 is 0 Å². The van der Waals surface area contributed by atoms with Gasteiger partial charge in [-0.05, 0) is 64.6 Å². The van der Waals surface area contributed by atoms with Crippen LogP contribution in [0.25, 0.3) is 0 Å². The van der Waals surface area contributed by atoms with Crippen LogP contribution >= 0.6 is 0 Å². The van der Waals surface area contributed by atoms with Crippen LogP contribution in [0.15, 0.2) is 0 Å². The predicted molar refractivity (Wildman–Crippen MR) is 83.5 cm³/mol. The molecule has 2 atom stereocenters. The topological polar surface area (TPSA) is 15.3 Å².